The van der Waals surface area contributed by atoms with Gasteiger partial charge >= 0.3 is 0 Å². The third-order valence-electron chi connectivity index (χ3n) is 2.45. The second-order valence-electron chi connectivity index (χ2n) is 3.08. The summed E-state index contributed by atoms with van der Waals surface area (Å²) in [4.78, 5) is 10.5. The monoisotopic (exact) mass is 149 g/mol. The van der Waals surface area contributed by atoms with Crippen molar-refractivity contribution in [3.8, 4) is 0 Å². The maximum Gasteiger partial charge on any atom is 0.137 e. The number of carbonyl (C=O) groups is 1. The van der Waals surface area contributed by atoms with Crippen LogP contribution in [0.4, 0.5) is 0 Å². The Morgan fingerprint density at radius 3 is 3.00 bits per heavy atom. The predicted molar refractivity (Wildman–Crippen MR) is 43.1 cm³/mol. The first-order chi connectivity index (χ1) is 5.42. The molecule has 1 N–H and O–H groups in total. The van der Waals surface area contributed by atoms with Gasteiger partial charge in [0.1, 0.15) is 6.29 Å². The minimum atomic E-state index is 0.0428. The molecule has 0 radical (unpaired) electrons. The number of aldehydes is 1. The van der Waals surface area contributed by atoms with Crippen molar-refractivity contribution in [2.75, 3.05) is 6.54 Å². The number of fused-ring (bicyclic) bond motifs is 1. The molecule has 2 nitrogen and oxygen atoms in total. The zero-order valence-electron chi connectivity index (χ0n) is 6.23. The molecule has 1 fully saturated rings. The smallest absolute Gasteiger partial charge is 0.137 e. The van der Waals surface area contributed by atoms with Crippen molar-refractivity contribution in [2.45, 2.75) is 6.04 Å². The van der Waals surface area contributed by atoms with E-state index in [1.165, 1.54) is 0 Å². The van der Waals surface area contributed by atoms with Crippen LogP contribution in [0.15, 0.2) is 24.3 Å². The van der Waals surface area contributed by atoms with Crippen molar-refractivity contribution < 1.29 is 4.79 Å². The van der Waals surface area contributed by atoms with Gasteiger partial charge in [-0.15, -0.1) is 0 Å². The van der Waals surface area contributed by atoms with Crippen LogP contribution in [0.25, 0.3) is 0 Å². The largest absolute Gasteiger partial charge is 0.307 e. The number of nitrogens with one attached hydrogen (secondary N) is 1. The molecule has 3 unspecified atom stereocenters. The molecule has 1 heterocycles. The van der Waals surface area contributed by atoms with E-state index in [0.717, 1.165) is 12.8 Å². The molecule has 2 heteroatoms. The molecule has 0 saturated carbocycles. The molecule has 11 heavy (non-hydrogen) atoms. The quantitative estimate of drug-likeness (QED) is 0.550. The Bertz CT molecular complexity index is 214. The summed E-state index contributed by atoms with van der Waals surface area (Å²) >= 11 is 0. The van der Waals surface area contributed by atoms with Crippen molar-refractivity contribution in [1.29, 1.82) is 0 Å². The average Bonchev–Trinajstić information content (AvgIpc) is 2.47. The van der Waals surface area contributed by atoms with Crippen LogP contribution in [0.1, 0.15) is 0 Å². The summed E-state index contributed by atoms with van der Waals surface area (Å²) < 4.78 is 0. The summed E-state index contributed by atoms with van der Waals surface area (Å²) in [5.74, 6) is 0.938. The molecule has 1 aliphatic carbocycles. The molecule has 2 rings (SSSR count). The second-order valence-corrected chi connectivity index (χ2v) is 3.08. The normalized spacial score (nSPS) is 40.5. The van der Waals surface area contributed by atoms with Crippen LogP contribution in [-0.4, -0.2) is 18.9 Å². The molecule has 0 amide bonds. The lowest BCUT2D eigenvalue weighted by molar-refractivity contribution is -0.109. The van der Waals surface area contributed by atoms with Gasteiger partial charge in [-0.2, -0.15) is 0 Å². The van der Waals surface area contributed by atoms with Crippen LogP contribution in [0.3, 0.4) is 0 Å². The Morgan fingerprint density at radius 1 is 1.36 bits per heavy atom. The van der Waals surface area contributed by atoms with Crippen LogP contribution in [-0.2, 0) is 4.79 Å². The Hall–Kier alpha value is -0.890. The molecular weight excluding hydrogens is 138 g/mol. The molecule has 2 aliphatic rings. The summed E-state index contributed by atoms with van der Waals surface area (Å²) in [6.07, 6.45) is 9.36. The summed E-state index contributed by atoms with van der Waals surface area (Å²) in [6.45, 7) is 0.939. The van der Waals surface area contributed by atoms with Crippen LogP contribution in [0.5, 0.6) is 0 Å². The lowest BCUT2D eigenvalue weighted by Crippen LogP contribution is -2.27. The highest BCUT2D eigenvalue weighted by atomic mass is 16.1. The molecule has 0 aromatic rings. The van der Waals surface area contributed by atoms with Crippen LogP contribution in [0.2, 0.25) is 0 Å². The van der Waals surface area contributed by atoms with Gasteiger partial charge in [-0.05, 0) is 5.92 Å². The maximum atomic E-state index is 10.5. The highest BCUT2D eigenvalue weighted by molar-refractivity contribution is 5.60. The molecule has 0 aromatic heterocycles. The van der Waals surface area contributed by atoms with E-state index >= 15 is 0 Å². The summed E-state index contributed by atoms with van der Waals surface area (Å²) in [5, 5.41) is 3.18. The van der Waals surface area contributed by atoms with Gasteiger partial charge in [0.15, 0.2) is 0 Å². The van der Waals surface area contributed by atoms with E-state index < -0.39 is 0 Å². The molecule has 1 saturated heterocycles. The summed E-state index contributed by atoms with van der Waals surface area (Å²) in [6, 6.07) is 0.0428. The molecule has 0 aromatic carbocycles. The van der Waals surface area contributed by atoms with Gasteiger partial charge in [-0.25, -0.2) is 0 Å². The number of hydrogen-bond donors (Lipinski definition) is 1. The molecule has 0 spiro atoms. The molecule has 58 valence electrons. The van der Waals surface area contributed by atoms with Crippen LogP contribution < -0.4 is 5.32 Å². The molecule has 1 aliphatic heterocycles. The van der Waals surface area contributed by atoms with E-state index in [9.17, 15) is 4.79 Å². The zero-order chi connectivity index (χ0) is 7.68. The molecule has 3 atom stereocenters. The highest BCUT2D eigenvalue weighted by Gasteiger charge is 2.32. The maximum absolute atomic E-state index is 10.5. The first-order valence-electron chi connectivity index (χ1n) is 3.95. The van der Waals surface area contributed by atoms with Gasteiger partial charge in [-0.3, -0.25) is 0 Å². The first-order valence-corrected chi connectivity index (χ1v) is 3.95. The fourth-order valence-electron chi connectivity index (χ4n) is 1.81. The minimum Gasteiger partial charge on any atom is -0.307 e. The summed E-state index contributed by atoms with van der Waals surface area (Å²) in [7, 11) is 0. The average molecular weight is 149 g/mol. The third kappa shape index (κ3) is 1.03. The van der Waals surface area contributed by atoms with Gasteiger partial charge in [0.2, 0.25) is 0 Å². The van der Waals surface area contributed by atoms with Gasteiger partial charge in [0.05, 0.1) is 6.04 Å². The fourth-order valence-corrected chi connectivity index (χ4v) is 1.81. The van der Waals surface area contributed by atoms with E-state index in [1.807, 2.05) is 6.08 Å². The standard InChI is InChI=1S/C9H11NO/c11-6-9-8-4-2-1-3-7(8)5-10-9/h1-4,6-10H,5H2. The predicted octanol–water partition coefficient (Wildman–Crippen LogP) is 0.515. The zero-order valence-corrected chi connectivity index (χ0v) is 6.23. The van der Waals surface area contributed by atoms with Crippen LogP contribution >= 0.6 is 0 Å². The van der Waals surface area contributed by atoms with E-state index in [4.69, 9.17) is 0 Å². The van der Waals surface area contributed by atoms with Crippen LogP contribution in [0, 0.1) is 11.8 Å². The van der Waals surface area contributed by atoms with Gasteiger partial charge in [0.25, 0.3) is 0 Å². The van der Waals surface area contributed by atoms with Crippen molar-refractivity contribution >= 4 is 6.29 Å². The Balaban J connectivity index is 2.18. The van der Waals surface area contributed by atoms with Crippen molar-refractivity contribution in [3.05, 3.63) is 24.3 Å². The van der Waals surface area contributed by atoms with Crippen molar-refractivity contribution in [2.24, 2.45) is 11.8 Å². The SMILES string of the molecule is O=CC1NCC2C=CC=CC21. The minimum absolute atomic E-state index is 0.0428. The Morgan fingerprint density at radius 2 is 2.18 bits per heavy atom. The first kappa shape index (κ1) is 6.80. The topological polar surface area (TPSA) is 29.1 Å². The Labute approximate surface area is 66.0 Å². The lowest BCUT2D eigenvalue weighted by Gasteiger charge is -2.15. The van der Waals surface area contributed by atoms with Crippen molar-refractivity contribution in [3.63, 3.8) is 0 Å². The molecular formula is C9H11NO. The van der Waals surface area contributed by atoms with E-state index in [-0.39, 0.29) is 6.04 Å². The van der Waals surface area contributed by atoms with Gasteiger partial charge in [-0.1, -0.05) is 24.3 Å². The van der Waals surface area contributed by atoms with Crippen molar-refractivity contribution in [1.82, 2.24) is 5.32 Å². The summed E-state index contributed by atoms with van der Waals surface area (Å²) in [5.41, 5.74) is 0. The third-order valence-corrected chi connectivity index (χ3v) is 2.45. The van der Waals surface area contributed by atoms with Gasteiger partial charge in [0, 0.05) is 12.5 Å². The lowest BCUT2D eigenvalue weighted by atomic mass is 9.88. The highest BCUT2D eigenvalue weighted by Crippen LogP contribution is 2.26. The van der Waals surface area contributed by atoms with E-state index in [2.05, 4.69) is 23.5 Å². The Kier molecular flexibility index (Phi) is 1.62. The van der Waals surface area contributed by atoms with E-state index in [1.54, 1.807) is 0 Å². The number of rotatable bonds is 1. The number of hydrogen-bond acceptors (Lipinski definition) is 2. The number of allylic oxidation sites excluding steroid dienone is 2. The molecule has 0 bridgehead atoms. The van der Waals surface area contributed by atoms with Gasteiger partial charge < -0.3 is 10.1 Å². The van der Waals surface area contributed by atoms with E-state index in [0.29, 0.717) is 11.8 Å². The second kappa shape index (κ2) is 2.62. The number of carbonyl (C=O) groups excluding carboxylic acids is 1. The fraction of sp³-hybridized carbons (Fsp3) is 0.444.